The highest BCUT2D eigenvalue weighted by molar-refractivity contribution is 7.89. The number of nitro benzene ring substituents is 1. The summed E-state index contributed by atoms with van der Waals surface area (Å²) in [5.74, 6) is 1.16. The number of aryl methyl sites for hydroxylation is 1. The third-order valence-electron chi connectivity index (χ3n) is 6.37. The Balaban J connectivity index is 1.98. The summed E-state index contributed by atoms with van der Waals surface area (Å²) in [5.41, 5.74) is 1.20. The fourth-order valence-electron chi connectivity index (χ4n) is 4.68. The zero-order chi connectivity index (χ0) is 27.6. The van der Waals surface area contributed by atoms with E-state index in [0.717, 1.165) is 11.6 Å². The van der Waals surface area contributed by atoms with Crippen molar-refractivity contribution in [2.24, 2.45) is 0 Å². The van der Waals surface area contributed by atoms with Crippen molar-refractivity contribution in [2.75, 3.05) is 28.4 Å². The summed E-state index contributed by atoms with van der Waals surface area (Å²) in [6.07, 6.45) is 0.587. The molecule has 0 saturated carbocycles. The summed E-state index contributed by atoms with van der Waals surface area (Å²) < 4.78 is 51.5. The zero-order valence-corrected chi connectivity index (χ0v) is 22.0. The van der Waals surface area contributed by atoms with E-state index in [1.54, 1.807) is 12.1 Å². The van der Waals surface area contributed by atoms with Gasteiger partial charge in [-0.2, -0.15) is 0 Å². The average molecular weight is 543 g/mol. The number of nitrogens with one attached hydrogen (secondary N) is 1. The Bertz CT molecular complexity index is 1570. The zero-order valence-electron chi connectivity index (χ0n) is 21.1. The van der Waals surface area contributed by atoms with Gasteiger partial charge >= 0.3 is 0 Å². The lowest BCUT2D eigenvalue weighted by Crippen LogP contribution is -2.29. The van der Waals surface area contributed by atoms with Crippen LogP contribution in [0.5, 0.6) is 23.0 Å². The monoisotopic (exact) mass is 542 g/mol. The molecule has 0 fully saturated rings. The molecule has 3 aromatic carbocycles. The molecule has 38 heavy (non-hydrogen) atoms. The van der Waals surface area contributed by atoms with E-state index in [4.69, 9.17) is 18.9 Å². The second-order valence-electron chi connectivity index (χ2n) is 8.40. The number of benzene rings is 2. The van der Waals surface area contributed by atoms with Crippen LogP contribution in [0, 0.1) is 10.1 Å². The van der Waals surface area contributed by atoms with Crippen molar-refractivity contribution in [1.82, 2.24) is 4.72 Å². The minimum atomic E-state index is -4.38. The van der Waals surface area contributed by atoms with Gasteiger partial charge in [0.2, 0.25) is 21.2 Å². The molecule has 0 amide bonds. The van der Waals surface area contributed by atoms with Gasteiger partial charge in [0.15, 0.2) is 22.1 Å². The maximum atomic E-state index is 13.4. The molecule has 200 valence electrons. The van der Waals surface area contributed by atoms with Crippen molar-refractivity contribution in [3.63, 3.8) is 0 Å². The van der Waals surface area contributed by atoms with Crippen LogP contribution < -0.4 is 29.1 Å². The number of hydrogen-bond acceptors (Lipinski definition) is 9. The SMILES string of the molecule is COc1cc2c(c(OC)c1OC)-c1ccc(OC)c(=O)cc1[C@@H](NS(=O)(=O)c1ccccc1[N+](=O)[O-])CC2. The Morgan fingerprint density at radius 2 is 1.61 bits per heavy atom. The highest BCUT2D eigenvalue weighted by atomic mass is 32.2. The summed E-state index contributed by atoms with van der Waals surface area (Å²) in [6, 6.07) is 10.4. The largest absolute Gasteiger partial charge is 0.493 e. The van der Waals surface area contributed by atoms with Crippen LogP contribution in [0.2, 0.25) is 0 Å². The Hall–Kier alpha value is -4.16. The molecule has 0 aromatic heterocycles. The lowest BCUT2D eigenvalue weighted by Gasteiger charge is -2.20. The summed E-state index contributed by atoms with van der Waals surface area (Å²) >= 11 is 0. The molecule has 0 radical (unpaired) electrons. The molecule has 1 atom stereocenters. The van der Waals surface area contributed by atoms with Crippen LogP contribution in [-0.2, 0) is 16.4 Å². The van der Waals surface area contributed by atoms with E-state index in [-0.39, 0.29) is 12.2 Å². The molecule has 1 N–H and O–H groups in total. The first kappa shape index (κ1) is 26.9. The van der Waals surface area contributed by atoms with Gasteiger partial charge in [-0.05, 0) is 53.8 Å². The summed E-state index contributed by atoms with van der Waals surface area (Å²) in [5, 5.41) is 11.5. The van der Waals surface area contributed by atoms with Crippen LogP contribution >= 0.6 is 0 Å². The number of para-hydroxylation sites is 1. The molecule has 1 aliphatic rings. The van der Waals surface area contributed by atoms with E-state index < -0.39 is 37.0 Å². The van der Waals surface area contributed by atoms with Crippen LogP contribution in [0.15, 0.2) is 58.2 Å². The number of nitrogens with zero attached hydrogens (tertiary/aromatic N) is 1. The number of rotatable bonds is 8. The van der Waals surface area contributed by atoms with E-state index >= 15 is 0 Å². The third-order valence-corrected chi connectivity index (χ3v) is 7.89. The van der Waals surface area contributed by atoms with Crippen molar-refractivity contribution in [1.29, 1.82) is 0 Å². The Labute approximate surface area is 219 Å². The average Bonchev–Trinajstić information content (AvgIpc) is 3.15. The summed E-state index contributed by atoms with van der Waals surface area (Å²) in [4.78, 5) is 23.3. The van der Waals surface area contributed by atoms with Crippen molar-refractivity contribution in [3.05, 3.63) is 80.0 Å². The summed E-state index contributed by atoms with van der Waals surface area (Å²) in [6.45, 7) is 0. The first-order chi connectivity index (χ1) is 18.2. The van der Waals surface area contributed by atoms with E-state index in [9.17, 15) is 23.3 Å². The van der Waals surface area contributed by atoms with Crippen molar-refractivity contribution >= 4 is 15.7 Å². The molecule has 0 heterocycles. The van der Waals surface area contributed by atoms with Gasteiger partial charge in [-0.25, -0.2) is 13.1 Å². The first-order valence-electron chi connectivity index (χ1n) is 11.5. The molecule has 0 saturated heterocycles. The minimum Gasteiger partial charge on any atom is -0.493 e. The quantitative estimate of drug-likeness (QED) is 0.333. The normalized spacial score (nSPS) is 14.5. The fourth-order valence-corrected chi connectivity index (χ4v) is 6.10. The first-order valence-corrected chi connectivity index (χ1v) is 12.9. The fraction of sp³-hybridized carbons (Fsp3) is 0.269. The molecule has 11 nitrogen and oxygen atoms in total. The molecular weight excluding hydrogens is 516 g/mol. The lowest BCUT2D eigenvalue weighted by atomic mass is 9.95. The second kappa shape index (κ2) is 10.7. The molecule has 0 spiro atoms. The molecule has 4 rings (SSSR count). The molecule has 3 aromatic rings. The number of hydrogen-bond donors (Lipinski definition) is 1. The maximum absolute atomic E-state index is 13.4. The minimum absolute atomic E-state index is 0.0550. The molecule has 12 heteroatoms. The van der Waals surface area contributed by atoms with Gasteiger partial charge in [-0.15, -0.1) is 0 Å². The van der Waals surface area contributed by atoms with Crippen molar-refractivity contribution in [2.45, 2.75) is 23.8 Å². The number of ether oxygens (including phenoxy) is 4. The smallest absolute Gasteiger partial charge is 0.289 e. The second-order valence-corrected chi connectivity index (χ2v) is 10.1. The number of methoxy groups -OCH3 is 4. The van der Waals surface area contributed by atoms with Gasteiger partial charge in [0.1, 0.15) is 0 Å². The summed E-state index contributed by atoms with van der Waals surface area (Å²) in [7, 11) is 1.42. The third kappa shape index (κ3) is 4.75. The van der Waals surface area contributed by atoms with Crippen molar-refractivity contribution < 1.29 is 32.3 Å². The number of nitro groups is 1. The van der Waals surface area contributed by atoms with E-state index in [2.05, 4.69) is 4.72 Å². The van der Waals surface area contributed by atoms with E-state index in [1.165, 1.54) is 58.8 Å². The molecule has 0 aliphatic heterocycles. The van der Waals surface area contributed by atoms with E-state index in [1.807, 2.05) is 0 Å². The van der Waals surface area contributed by atoms with Crippen LogP contribution in [0.1, 0.15) is 23.6 Å². The van der Waals surface area contributed by atoms with Crippen molar-refractivity contribution in [3.8, 4) is 34.1 Å². The van der Waals surface area contributed by atoms with Crippen LogP contribution in [0.3, 0.4) is 0 Å². The van der Waals surface area contributed by atoms with Gasteiger partial charge in [0.25, 0.3) is 5.69 Å². The van der Waals surface area contributed by atoms with E-state index in [0.29, 0.717) is 40.4 Å². The molecular formula is C26H26N2O9S. The molecule has 0 bridgehead atoms. The Morgan fingerprint density at radius 1 is 0.921 bits per heavy atom. The Kier molecular flexibility index (Phi) is 7.56. The van der Waals surface area contributed by atoms with Crippen LogP contribution in [0.4, 0.5) is 5.69 Å². The lowest BCUT2D eigenvalue weighted by molar-refractivity contribution is -0.387. The highest BCUT2D eigenvalue weighted by Crippen LogP contribution is 2.50. The predicted molar refractivity (Wildman–Crippen MR) is 139 cm³/mol. The number of fused-ring (bicyclic) bond motifs is 3. The maximum Gasteiger partial charge on any atom is 0.289 e. The predicted octanol–water partition coefficient (Wildman–Crippen LogP) is 3.62. The van der Waals surface area contributed by atoms with Crippen LogP contribution in [0.25, 0.3) is 11.1 Å². The van der Waals surface area contributed by atoms with Gasteiger partial charge < -0.3 is 18.9 Å². The van der Waals surface area contributed by atoms with Crippen LogP contribution in [-0.4, -0.2) is 41.8 Å². The van der Waals surface area contributed by atoms with Gasteiger partial charge in [-0.3, -0.25) is 14.9 Å². The number of sulfonamides is 1. The standard InChI is InChI=1S/C26H26N2O9S/c1-34-21-12-10-16-17(14-20(21)29)18(27-38(32,33)23-8-6-5-7-19(23)28(30)31)11-9-15-13-22(35-2)25(36-3)26(37-4)24(15)16/h5-8,10,12-14,18,27H,9,11H2,1-4H3/t18-/m0/s1. The topological polar surface area (TPSA) is 143 Å². The van der Waals surface area contributed by atoms with Gasteiger partial charge in [0, 0.05) is 17.7 Å². The molecule has 1 aliphatic carbocycles. The molecule has 0 unspecified atom stereocenters. The van der Waals surface area contributed by atoms with Gasteiger partial charge in [0.05, 0.1) is 33.4 Å². The highest BCUT2D eigenvalue weighted by Gasteiger charge is 2.33. The Morgan fingerprint density at radius 3 is 2.24 bits per heavy atom. The van der Waals surface area contributed by atoms with Gasteiger partial charge in [-0.1, -0.05) is 18.2 Å².